The maximum Gasteiger partial charge on any atom is 0.242 e. The van der Waals surface area contributed by atoms with Crippen LogP contribution >= 0.6 is 0 Å². The average molecular weight is 253 g/mol. The second-order valence-electron chi connectivity index (χ2n) is 5.43. The lowest BCUT2D eigenvalue weighted by atomic mass is 9.90. The Bertz CT molecular complexity index is 332. The molecule has 0 radical (unpaired) electrons. The minimum atomic E-state index is 0.0623. The highest BCUT2D eigenvalue weighted by Gasteiger charge is 2.32. The number of hydrogen-bond acceptors (Lipinski definition) is 3. The van der Waals surface area contributed by atoms with Crippen molar-refractivity contribution >= 4 is 11.8 Å². The van der Waals surface area contributed by atoms with Crippen molar-refractivity contribution in [1.82, 2.24) is 9.80 Å². The maximum absolute atomic E-state index is 12.3. The summed E-state index contributed by atoms with van der Waals surface area (Å²) in [6, 6.07) is 0.143. The Morgan fingerprint density at radius 2 is 2.17 bits per heavy atom. The Hall–Kier alpha value is -1.10. The summed E-state index contributed by atoms with van der Waals surface area (Å²) in [6.07, 6.45) is 3.64. The lowest BCUT2D eigenvalue weighted by molar-refractivity contribution is -0.141. The third-order valence-electron chi connectivity index (χ3n) is 4.18. The second kappa shape index (κ2) is 5.69. The molecule has 102 valence electrons. The normalized spacial score (nSPS) is 28.9. The van der Waals surface area contributed by atoms with Crippen LogP contribution in [0.1, 0.15) is 32.6 Å². The van der Waals surface area contributed by atoms with E-state index in [1.165, 1.54) is 0 Å². The predicted octanol–water partition coefficient (Wildman–Crippen LogP) is 0.195. The van der Waals surface area contributed by atoms with Gasteiger partial charge < -0.3 is 15.5 Å². The van der Waals surface area contributed by atoms with Crippen LogP contribution in [-0.2, 0) is 9.59 Å². The molecule has 5 nitrogen and oxygen atoms in total. The molecule has 5 heteroatoms. The quantitative estimate of drug-likeness (QED) is 0.781. The van der Waals surface area contributed by atoms with Gasteiger partial charge in [-0.05, 0) is 25.2 Å². The molecule has 2 rings (SSSR count). The van der Waals surface area contributed by atoms with E-state index in [0.717, 1.165) is 32.4 Å². The molecule has 0 aromatic heterocycles. The molecule has 2 aliphatic rings. The van der Waals surface area contributed by atoms with E-state index in [1.807, 2.05) is 4.90 Å². The van der Waals surface area contributed by atoms with E-state index >= 15 is 0 Å². The zero-order valence-electron chi connectivity index (χ0n) is 11.1. The van der Waals surface area contributed by atoms with Crippen molar-refractivity contribution in [3.05, 3.63) is 0 Å². The van der Waals surface area contributed by atoms with Crippen LogP contribution < -0.4 is 5.73 Å². The number of nitrogens with zero attached hydrogens (tertiary/aromatic N) is 2. The molecule has 2 amide bonds. The van der Waals surface area contributed by atoms with E-state index in [4.69, 9.17) is 5.73 Å². The van der Waals surface area contributed by atoms with Gasteiger partial charge in [-0.25, -0.2) is 0 Å². The van der Waals surface area contributed by atoms with Crippen LogP contribution in [0.15, 0.2) is 0 Å². The summed E-state index contributed by atoms with van der Waals surface area (Å²) in [7, 11) is 0. The van der Waals surface area contributed by atoms with Crippen molar-refractivity contribution in [2.75, 3.05) is 26.2 Å². The summed E-state index contributed by atoms with van der Waals surface area (Å²) in [4.78, 5) is 27.4. The maximum atomic E-state index is 12.3. The lowest BCUT2D eigenvalue weighted by Crippen LogP contribution is -2.53. The van der Waals surface area contributed by atoms with Crippen molar-refractivity contribution in [1.29, 1.82) is 0 Å². The number of carbonyl (C=O) groups is 2. The second-order valence-corrected chi connectivity index (χ2v) is 5.43. The number of amides is 2. The number of piperidine rings is 1. The van der Waals surface area contributed by atoms with Crippen LogP contribution in [0.4, 0.5) is 0 Å². The Kier molecular flexibility index (Phi) is 4.22. The van der Waals surface area contributed by atoms with Gasteiger partial charge in [0.05, 0.1) is 6.54 Å². The first-order valence-corrected chi connectivity index (χ1v) is 6.90. The van der Waals surface area contributed by atoms with E-state index in [9.17, 15) is 9.59 Å². The fourth-order valence-electron chi connectivity index (χ4n) is 3.04. The Balaban J connectivity index is 1.96. The molecule has 2 saturated heterocycles. The Labute approximate surface area is 108 Å². The Morgan fingerprint density at radius 1 is 1.39 bits per heavy atom. The monoisotopic (exact) mass is 253 g/mol. The van der Waals surface area contributed by atoms with Gasteiger partial charge in [-0.2, -0.15) is 0 Å². The molecule has 0 aliphatic carbocycles. The fraction of sp³-hybridized carbons (Fsp3) is 0.846. The van der Waals surface area contributed by atoms with Gasteiger partial charge in [-0.1, -0.05) is 6.92 Å². The van der Waals surface area contributed by atoms with Gasteiger partial charge >= 0.3 is 0 Å². The van der Waals surface area contributed by atoms with Crippen molar-refractivity contribution in [2.45, 2.75) is 38.6 Å². The zero-order valence-corrected chi connectivity index (χ0v) is 11.1. The van der Waals surface area contributed by atoms with Crippen molar-refractivity contribution in [3.63, 3.8) is 0 Å². The molecular weight excluding hydrogens is 230 g/mol. The highest BCUT2D eigenvalue weighted by molar-refractivity contribution is 5.86. The van der Waals surface area contributed by atoms with Gasteiger partial charge in [0.25, 0.3) is 0 Å². The van der Waals surface area contributed by atoms with E-state index in [2.05, 4.69) is 6.92 Å². The first-order valence-electron chi connectivity index (χ1n) is 6.90. The highest BCUT2D eigenvalue weighted by atomic mass is 16.2. The average Bonchev–Trinajstić information content (AvgIpc) is 2.74. The summed E-state index contributed by atoms with van der Waals surface area (Å²) >= 11 is 0. The van der Waals surface area contributed by atoms with Crippen molar-refractivity contribution < 1.29 is 9.59 Å². The Morgan fingerprint density at radius 3 is 2.78 bits per heavy atom. The van der Waals surface area contributed by atoms with Crippen molar-refractivity contribution in [3.8, 4) is 0 Å². The summed E-state index contributed by atoms with van der Waals surface area (Å²) < 4.78 is 0. The third kappa shape index (κ3) is 2.66. The van der Waals surface area contributed by atoms with Crippen LogP contribution in [0.5, 0.6) is 0 Å². The highest BCUT2D eigenvalue weighted by Crippen LogP contribution is 2.23. The SMILES string of the molecule is CC1CCCN(C(=O)CN2CCCC2=O)C1CN. The number of hydrogen-bond donors (Lipinski definition) is 1. The van der Waals surface area contributed by atoms with Crippen molar-refractivity contribution in [2.24, 2.45) is 11.7 Å². The van der Waals surface area contributed by atoms with E-state index in [-0.39, 0.29) is 24.4 Å². The number of likely N-dealkylation sites (tertiary alicyclic amines) is 2. The molecule has 2 heterocycles. The smallest absolute Gasteiger partial charge is 0.242 e. The molecule has 2 aliphatic heterocycles. The van der Waals surface area contributed by atoms with E-state index in [1.54, 1.807) is 4.90 Å². The summed E-state index contributed by atoms with van der Waals surface area (Å²) in [5.41, 5.74) is 5.78. The summed E-state index contributed by atoms with van der Waals surface area (Å²) in [6.45, 7) is 4.41. The largest absolute Gasteiger partial charge is 0.337 e. The molecule has 2 unspecified atom stereocenters. The van der Waals surface area contributed by atoms with Gasteiger partial charge in [-0.15, -0.1) is 0 Å². The topological polar surface area (TPSA) is 66.6 Å². The first kappa shape index (κ1) is 13.3. The van der Waals surface area contributed by atoms with Gasteiger partial charge in [0.2, 0.25) is 11.8 Å². The molecule has 2 fully saturated rings. The number of rotatable bonds is 3. The van der Waals surface area contributed by atoms with Crippen LogP contribution in [0.2, 0.25) is 0 Å². The minimum Gasteiger partial charge on any atom is -0.337 e. The van der Waals surface area contributed by atoms with Gasteiger partial charge in [0, 0.05) is 32.1 Å². The predicted molar refractivity (Wildman–Crippen MR) is 68.8 cm³/mol. The van der Waals surface area contributed by atoms with Crippen LogP contribution in [0, 0.1) is 5.92 Å². The molecule has 2 atom stereocenters. The van der Waals surface area contributed by atoms with Crippen LogP contribution in [-0.4, -0.2) is 53.8 Å². The first-order chi connectivity index (χ1) is 8.63. The number of carbonyl (C=O) groups excluding carboxylic acids is 2. The van der Waals surface area contributed by atoms with Gasteiger partial charge in [-0.3, -0.25) is 9.59 Å². The molecule has 0 spiro atoms. The van der Waals surface area contributed by atoms with Crippen LogP contribution in [0.3, 0.4) is 0 Å². The molecule has 0 bridgehead atoms. The van der Waals surface area contributed by atoms with Crippen LogP contribution in [0.25, 0.3) is 0 Å². The summed E-state index contributed by atoms with van der Waals surface area (Å²) in [5.74, 6) is 0.631. The van der Waals surface area contributed by atoms with E-state index < -0.39 is 0 Å². The molecule has 0 saturated carbocycles. The fourth-order valence-corrected chi connectivity index (χ4v) is 3.04. The van der Waals surface area contributed by atoms with Gasteiger partial charge in [0.1, 0.15) is 0 Å². The molecule has 0 aromatic carbocycles. The zero-order chi connectivity index (χ0) is 13.1. The summed E-state index contributed by atoms with van der Waals surface area (Å²) in [5, 5.41) is 0. The minimum absolute atomic E-state index is 0.0623. The molecule has 2 N–H and O–H groups in total. The standard InChI is InChI=1S/C13H23N3O2/c1-10-4-2-7-16(11(10)8-14)13(18)9-15-6-3-5-12(15)17/h10-11H,2-9,14H2,1H3. The van der Waals surface area contributed by atoms with E-state index in [0.29, 0.717) is 18.9 Å². The van der Waals surface area contributed by atoms with Gasteiger partial charge in [0.15, 0.2) is 0 Å². The number of nitrogens with two attached hydrogens (primary N) is 1. The molecule has 0 aromatic rings. The molecule has 18 heavy (non-hydrogen) atoms. The lowest BCUT2D eigenvalue weighted by Gasteiger charge is -2.40. The molecular formula is C13H23N3O2. The third-order valence-corrected chi connectivity index (χ3v) is 4.18.